The normalized spacial score (nSPS) is 15.5. The number of imidazole rings is 1. The number of aromatic nitrogens is 6. The van der Waals surface area contributed by atoms with E-state index in [1.807, 2.05) is 36.8 Å². The van der Waals surface area contributed by atoms with Gasteiger partial charge in [-0.25, -0.2) is 24.9 Å². The third kappa shape index (κ3) is 4.74. The van der Waals surface area contributed by atoms with Gasteiger partial charge >= 0.3 is 0 Å². The highest BCUT2D eigenvalue weighted by atomic mass is 16.5. The summed E-state index contributed by atoms with van der Waals surface area (Å²) in [6, 6.07) is 8.04. The molecular formula is C25H30N8O2. The fraction of sp³-hybridized carbons (Fsp3) is 0.400. The Bertz CT molecular complexity index is 1330. The number of morpholine rings is 1. The molecule has 0 radical (unpaired) electrons. The van der Waals surface area contributed by atoms with Gasteiger partial charge in [0.2, 0.25) is 11.8 Å². The molecule has 1 fully saturated rings. The topological polar surface area (TPSA) is 103 Å². The largest absolute Gasteiger partial charge is 0.479 e. The summed E-state index contributed by atoms with van der Waals surface area (Å²) in [6.45, 7) is 10.8. The zero-order chi connectivity index (χ0) is 24.6. The lowest BCUT2D eigenvalue weighted by Gasteiger charge is -2.39. The van der Waals surface area contributed by atoms with Crippen LogP contribution >= 0.6 is 0 Å². The van der Waals surface area contributed by atoms with Crippen LogP contribution in [0.5, 0.6) is 5.88 Å². The number of hydrogen-bond acceptors (Lipinski definition) is 9. The van der Waals surface area contributed by atoms with Crippen LogP contribution in [0, 0.1) is 0 Å². The van der Waals surface area contributed by atoms with E-state index in [1.54, 1.807) is 13.3 Å². The van der Waals surface area contributed by atoms with Gasteiger partial charge in [0.15, 0.2) is 5.52 Å². The van der Waals surface area contributed by atoms with Crippen LogP contribution in [0.1, 0.15) is 33.7 Å². The van der Waals surface area contributed by atoms with Gasteiger partial charge < -0.3 is 24.3 Å². The van der Waals surface area contributed by atoms with Crippen molar-refractivity contribution < 1.29 is 9.47 Å². The second-order valence-corrected chi connectivity index (χ2v) is 9.45. The summed E-state index contributed by atoms with van der Waals surface area (Å²) in [4.78, 5) is 25.0. The van der Waals surface area contributed by atoms with Crippen molar-refractivity contribution in [1.29, 1.82) is 0 Å². The SMILES string of the molecule is COc1nc(-c2ccnc(Nc3ccc(N4CCOC(C)(C)C4)cn3)n2)cc2c1ncn2C(C)C. The fourth-order valence-electron chi connectivity index (χ4n) is 4.25. The number of ether oxygens (including phenoxy) is 2. The Morgan fingerprint density at radius 1 is 1.09 bits per heavy atom. The average Bonchev–Trinajstić information content (AvgIpc) is 3.28. The predicted molar refractivity (Wildman–Crippen MR) is 135 cm³/mol. The van der Waals surface area contributed by atoms with E-state index in [0.717, 1.165) is 29.8 Å². The van der Waals surface area contributed by atoms with Gasteiger partial charge in [0, 0.05) is 25.3 Å². The summed E-state index contributed by atoms with van der Waals surface area (Å²) in [5.41, 5.74) is 3.92. The lowest BCUT2D eigenvalue weighted by molar-refractivity contribution is -0.0277. The van der Waals surface area contributed by atoms with Gasteiger partial charge in [-0.2, -0.15) is 0 Å². The lowest BCUT2D eigenvalue weighted by atomic mass is 10.1. The monoisotopic (exact) mass is 474 g/mol. The van der Waals surface area contributed by atoms with E-state index in [2.05, 4.69) is 67.4 Å². The van der Waals surface area contributed by atoms with E-state index in [1.165, 1.54) is 0 Å². The summed E-state index contributed by atoms with van der Waals surface area (Å²) < 4.78 is 13.4. The third-order valence-electron chi connectivity index (χ3n) is 5.98. The number of fused-ring (bicyclic) bond motifs is 1. The maximum absolute atomic E-state index is 5.81. The van der Waals surface area contributed by atoms with Gasteiger partial charge in [0.1, 0.15) is 5.82 Å². The number of nitrogens with zero attached hydrogens (tertiary/aromatic N) is 7. The van der Waals surface area contributed by atoms with Crippen molar-refractivity contribution in [3.05, 3.63) is 43.0 Å². The molecule has 0 saturated carbocycles. The van der Waals surface area contributed by atoms with E-state index < -0.39 is 0 Å². The Balaban J connectivity index is 1.39. The quantitative estimate of drug-likeness (QED) is 0.440. The summed E-state index contributed by atoms with van der Waals surface area (Å²) in [5.74, 6) is 1.57. The van der Waals surface area contributed by atoms with Crippen molar-refractivity contribution >= 4 is 28.5 Å². The lowest BCUT2D eigenvalue weighted by Crippen LogP contribution is -2.48. The first-order valence-electron chi connectivity index (χ1n) is 11.7. The Hall–Kier alpha value is -3.79. The molecule has 0 spiro atoms. The maximum atomic E-state index is 5.81. The number of pyridine rings is 2. The minimum Gasteiger partial charge on any atom is -0.479 e. The third-order valence-corrected chi connectivity index (χ3v) is 5.98. The molecule has 5 heterocycles. The summed E-state index contributed by atoms with van der Waals surface area (Å²) in [5, 5.41) is 3.20. The van der Waals surface area contributed by atoms with E-state index in [4.69, 9.17) is 9.47 Å². The molecule has 35 heavy (non-hydrogen) atoms. The first-order chi connectivity index (χ1) is 16.8. The molecule has 4 aromatic heterocycles. The van der Waals surface area contributed by atoms with Crippen molar-refractivity contribution in [2.24, 2.45) is 0 Å². The smallest absolute Gasteiger partial charge is 0.242 e. The Morgan fingerprint density at radius 3 is 2.66 bits per heavy atom. The van der Waals surface area contributed by atoms with Crippen molar-refractivity contribution in [3.8, 4) is 17.3 Å². The molecule has 0 amide bonds. The van der Waals surface area contributed by atoms with E-state index in [0.29, 0.717) is 35.6 Å². The average molecular weight is 475 g/mol. The van der Waals surface area contributed by atoms with Crippen molar-refractivity contribution in [2.45, 2.75) is 39.3 Å². The highest BCUT2D eigenvalue weighted by molar-refractivity contribution is 5.84. The zero-order valence-electron chi connectivity index (χ0n) is 20.7. The van der Waals surface area contributed by atoms with Gasteiger partial charge in [-0.3, -0.25) is 0 Å². The highest BCUT2D eigenvalue weighted by Crippen LogP contribution is 2.30. The van der Waals surface area contributed by atoms with Crippen molar-refractivity contribution in [2.75, 3.05) is 37.0 Å². The van der Waals surface area contributed by atoms with Gasteiger partial charge in [0.25, 0.3) is 0 Å². The Labute approximate surface area is 204 Å². The minimum atomic E-state index is -0.171. The molecule has 4 aromatic rings. The van der Waals surface area contributed by atoms with Crippen LogP contribution < -0.4 is 15.0 Å². The highest BCUT2D eigenvalue weighted by Gasteiger charge is 2.27. The van der Waals surface area contributed by atoms with E-state index in [-0.39, 0.29) is 11.6 Å². The molecule has 0 unspecified atom stereocenters. The molecule has 0 aromatic carbocycles. The van der Waals surface area contributed by atoms with Crippen LogP contribution in [0.15, 0.2) is 43.0 Å². The second kappa shape index (κ2) is 9.10. The van der Waals surface area contributed by atoms with Gasteiger partial charge in [-0.05, 0) is 52.0 Å². The molecule has 1 aliphatic heterocycles. The van der Waals surface area contributed by atoms with Crippen LogP contribution in [0.25, 0.3) is 22.4 Å². The Morgan fingerprint density at radius 2 is 1.94 bits per heavy atom. The predicted octanol–water partition coefficient (Wildman–Crippen LogP) is 4.23. The number of rotatable bonds is 6. The summed E-state index contributed by atoms with van der Waals surface area (Å²) in [7, 11) is 1.60. The van der Waals surface area contributed by atoms with Crippen LogP contribution in [0.3, 0.4) is 0 Å². The maximum Gasteiger partial charge on any atom is 0.242 e. The molecule has 1 N–H and O–H groups in total. The standard InChI is InChI=1S/C25H30N8O2/c1-16(2)33-15-28-22-20(33)12-19(29-23(22)34-5)18-8-9-26-24(30-18)31-21-7-6-17(13-27-21)32-10-11-35-25(3,4)14-32/h6-9,12-13,15-16H,10-11,14H2,1-5H3,(H,26,27,30,31). The van der Waals surface area contributed by atoms with E-state index in [9.17, 15) is 0 Å². The summed E-state index contributed by atoms with van der Waals surface area (Å²) >= 11 is 0. The molecular weight excluding hydrogens is 444 g/mol. The molecule has 10 heteroatoms. The van der Waals surface area contributed by atoms with Crippen LogP contribution in [0.2, 0.25) is 0 Å². The fourth-order valence-corrected chi connectivity index (χ4v) is 4.25. The summed E-state index contributed by atoms with van der Waals surface area (Å²) in [6.07, 6.45) is 5.37. The zero-order valence-corrected chi connectivity index (χ0v) is 20.7. The number of nitrogens with one attached hydrogen (secondary N) is 1. The van der Waals surface area contributed by atoms with Crippen molar-refractivity contribution in [3.63, 3.8) is 0 Å². The van der Waals surface area contributed by atoms with Crippen LogP contribution in [0.4, 0.5) is 17.5 Å². The van der Waals surface area contributed by atoms with Crippen molar-refractivity contribution in [1.82, 2.24) is 29.5 Å². The van der Waals surface area contributed by atoms with E-state index >= 15 is 0 Å². The molecule has 0 aliphatic carbocycles. The first kappa shape index (κ1) is 23.0. The molecule has 10 nitrogen and oxygen atoms in total. The van der Waals surface area contributed by atoms with Crippen LogP contribution in [-0.4, -0.2) is 61.9 Å². The molecule has 182 valence electrons. The molecule has 0 atom stereocenters. The Kier molecular flexibility index (Phi) is 5.98. The van der Waals surface area contributed by atoms with Crippen LogP contribution in [-0.2, 0) is 4.74 Å². The number of methoxy groups -OCH3 is 1. The number of hydrogen-bond donors (Lipinski definition) is 1. The van der Waals surface area contributed by atoms with Gasteiger partial charge in [-0.1, -0.05) is 0 Å². The second-order valence-electron chi connectivity index (χ2n) is 9.45. The molecule has 1 saturated heterocycles. The molecule has 1 aliphatic rings. The van der Waals surface area contributed by atoms with Gasteiger partial charge in [-0.15, -0.1) is 0 Å². The minimum absolute atomic E-state index is 0.171. The van der Waals surface area contributed by atoms with Gasteiger partial charge in [0.05, 0.1) is 54.4 Å². The first-order valence-corrected chi connectivity index (χ1v) is 11.7. The molecule has 5 rings (SSSR count). The number of anilines is 3. The molecule has 0 bridgehead atoms.